The highest BCUT2D eigenvalue weighted by Gasteiger charge is 2.01. The fourth-order valence-electron chi connectivity index (χ4n) is 1.40. The molecule has 1 aromatic heterocycles. The van der Waals surface area contributed by atoms with Crippen LogP contribution in [-0.2, 0) is 11.3 Å². The van der Waals surface area contributed by atoms with Crippen LogP contribution in [0.25, 0.3) is 0 Å². The predicted molar refractivity (Wildman–Crippen MR) is 68.8 cm³/mol. The molecule has 0 aliphatic carbocycles. The van der Waals surface area contributed by atoms with Crippen molar-refractivity contribution in [3.63, 3.8) is 0 Å². The molecule has 0 radical (unpaired) electrons. The van der Waals surface area contributed by atoms with Gasteiger partial charge in [0.25, 0.3) is 5.56 Å². The number of ether oxygens (including phenoxy) is 2. The van der Waals surface area contributed by atoms with Gasteiger partial charge in [-0.25, -0.2) is 4.68 Å². The van der Waals surface area contributed by atoms with Gasteiger partial charge in [-0.2, -0.15) is 5.10 Å². The smallest absolute Gasteiger partial charge is 0.270 e. The number of aromatic nitrogens is 2. The van der Waals surface area contributed by atoms with Crippen molar-refractivity contribution in [1.29, 1.82) is 0 Å². The highest BCUT2D eigenvalue weighted by molar-refractivity contribution is 5.13. The maximum Gasteiger partial charge on any atom is 0.270 e. The molecule has 6 heteroatoms. The first-order valence-corrected chi connectivity index (χ1v) is 6.25. The molecule has 0 saturated heterocycles. The second-order valence-corrected chi connectivity index (χ2v) is 3.79. The maximum atomic E-state index is 11.7. The molecular weight excluding hydrogens is 234 g/mol. The summed E-state index contributed by atoms with van der Waals surface area (Å²) in [4.78, 5) is 11.7. The molecule has 6 nitrogen and oxygen atoms in total. The standard InChI is InChI=1S/C12H21N3O3/c1-2-17-7-4-6-15-12(16)9-11(10-14-15)18-8-3-5-13/h9-10H,2-8,13H2,1H3. The Kier molecular flexibility index (Phi) is 7.05. The first-order valence-electron chi connectivity index (χ1n) is 6.25. The van der Waals surface area contributed by atoms with Crippen molar-refractivity contribution in [3.8, 4) is 5.75 Å². The van der Waals surface area contributed by atoms with E-state index in [2.05, 4.69) is 5.10 Å². The van der Waals surface area contributed by atoms with Crippen LogP contribution in [0, 0.1) is 0 Å². The third kappa shape index (κ3) is 5.29. The van der Waals surface area contributed by atoms with Crippen molar-refractivity contribution in [2.24, 2.45) is 5.73 Å². The molecule has 1 rings (SSSR count). The van der Waals surface area contributed by atoms with E-state index in [0.717, 1.165) is 12.8 Å². The molecule has 102 valence electrons. The summed E-state index contributed by atoms with van der Waals surface area (Å²) in [6, 6.07) is 1.45. The highest BCUT2D eigenvalue weighted by Crippen LogP contribution is 2.03. The first-order chi connectivity index (χ1) is 8.77. The van der Waals surface area contributed by atoms with Crippen LogP contribution >= 0.6 is 0 Å². The Morgan fingerprint density at radius 3 is 2.89 bits per heavy atom. The lowest BCUT2D eigenvalue weighted by Crippen LogP contribution is -2.23. The summed E-state index contributed by atoms with van der Waals surface area (Å²) >= 11 is 0. The van der Waals surface area contributed by atoms with E-state index in [1.165, 1.54) is 10.7 Å². The van der Waals surface area contributed by atoms with Crippen molar-refractivity contribution >= 4 is 0 Å². The number of aryl methyl sites for hydroxylation is 1. The van der Waals surface area contributed by atoms with Crippen LogP contribution in [0.1, 0.15) is 19.8 Å². The van der Waals surface area contributed by atoms with Gasteiger partial charge in [0.15, 0.2) is 0 Å². The van der Waals surface area contributed by atoms with Gasteiger partial charge in [0.2, 0.25) is 0 Å². The molecule has 0 atom stereocenters. The fraction of sp³-hybridized carbons (Fsp3) is 0.667. The molecule has 18 heavy (non-hydrogen) atoms. The Bertz CT molecular complexity index is 392. The molecule has 0 aliphatic rings. The minimum absolute atomic E-state index is 0.156. The lowest BCUT2D eigenvalue weighted by molar-refractivity contribution is 0.140. The SMILES string of the molecule is CCOCCCn1ncc(OCCCN)cc1=O. The van der Waals surface area contributed by atoms with Gasteiger partial charge in [-0.3, -0.25) is 4.79 Å². The van der Waals surface area contributed by atoms with Crippen molar-refractivity contribution in [2.45, 2.75) is 26.3 Å². The van der Waals surface area contributed by atoms with Crippen LogP contribution in [0.5, 0.6) is 5.75 Å². The van der Waals surface area contributed by atoms with E-state index in [0.29, 0.717) is 38.7 Å². The summed E-state index contributed by atoms with van der Waals surface area (Å²) in [7, 11) is 0. The number of hydrogen-bond acceptors (Lipinski definition) is 5. The summed E-state index contributed by atoms with van der Waals surface area (Å²) in [5.74, 6) is 0.495. The third-order valence-corrected chi connectivity index (χ3v) is 2.32. The summed E-state index contributed by atoms with van der Waals surface area (Å²) in [5.41, 5.74) is 5.20. The molecule has 0 aromatic carbocycles. The Hall–Kier alpha value is -1.40. The van der Waals surface area contributed by atoms with Gasteiger partial charge in [0.1, 0.15) is 5.75 Å². The van der Waals surface area contributed by atoms with Crippen LogP contribution in [0.3, 0.4) is 0 Å². The van der Waals surface area contributed by atoms with E-state index in [4.69, 9.17) is 15.2 Å². The van der Waals surface area contributed by atoms with Crippen LogP contribution < -0.4 is 16.0 Å². The minimum Gasteiger partial charge on any atom is -0.492 e. The van der Waals surface area contributed by atoms with Crippen LogP contribution in [0.15, 0.2) is 17.1 Å². The number of hydrogen-bond donors (Lipinski definition) is 1. The topological polar surface area (TPSA) is 79.4 Å². The molecule has 1 heterocycles. The van der Waals surface area contributed by atoms with Crippen molar-refractivity contribution < 1.29 is 9.47 Å². The van der Waals surface area contributed by atoms with Gasteiger partial charge in [0.05, 0.1) is 12.8 Å². The summed E-state index contributed by atoms with van der Waals surface area (Å²) < 4.78 is 12.0. The lowest BCUT2D eigenvalue weighted by atomic mass is 10.4. The van der Waals surface area contributed by atoms with E-state index in [1.807, 2.05) is 6.92 Å². The summed E-state index contributed by atoms with van der Waals surface area (Å²) in [6.45, 7) is 4.91. The minimum atomic E-state index is -0.156. The molecule has 1 aromatic rings. The number of nitrogens with two attached hydrogens (primary N) is 1. The first kappa shape index (κ1) is 14.7. The van der Waals surface area contributed by atoms with Crippen LogP contribution in [0.2, 0.25) is 0 Å². The monoisotopic (exact) mass is 255 g/mol. The molecule has 0 unspecified atom stereocenters. The zero-order chi connectivity index (χ0) is 13.2. The van der Waals surface area contributed by atoms with E-state index in [9.17, 15) is 4.79 Å². The van der Waals surface area contributed by atoms with Gasteiger partial charge in [-0.15, -0.1) is 0 Å². The average Bonchev–Trinajstić information content (AvgIpc) is 2.37. The third-order valence-electron chi connectivity index (χ3n) is 2.32. The molecule has 0 fully saturated rings. The molecule has 0 amide bonds. The van der Waals surface area contributed by atoms with Crippen molar-refractivity contribution in [2.75, 3.05) is 26.4 Å². The van der Waals surface area contributed by atoms with E-state index in [-0.39, 0.29) is 5.56 Å². The van der Waals surface area contributed by atoms with Crippen molar-refractivity contribution in [1.82, 2.24) is 9.78 Å². The van der Waals surface area contributed by atoms with E-state index >= 15 is 0 Å². The van der Waals surface area contributed by atoms with Gasteiger partial charge >= 0.3 is 0 Å². The molecule has 0 spiro atoms. The zero-order valence-corrected chi connectivity index (χ0v) is 10.8. The highest BCUT2D eigenvalue weighted by atomic mass is 16.5. The molecule has 0 aliphatic heterocycles. The van der Waals surface area contributed by atoms with Crippen LogP contribution in [0.4, 0.5) is 0 Å². The zero-order valence-electron chi connectivity index (χ0n) is 10.8. The van der Waals surface area contributed by atoms with Crippen molar-refractivity contribution in [3.05, 3.63) is 22.6 Å². The Balaban J connectivity index is 2.44. The Morgan fingerprint density at radius 1 is 1.39 bits per heavy atom. The Morgan fingerprint density at radius 2 is 2.22 bits per heavy atom. The van der Waals surface area contributed by atoms with E-state index in [1.54, 1.807) is 6.20 Å². The second-order valence-electron chi connectivity index (χ2n) is 3.79. The maximum absolute atomic E-state index is 11.7. The van der Waals surface area contributed by atoms with Gasteiger partial charge in [0, 0.05) is 25.8 Å². The predicted octanol–water partition coefficient (Wildman–Crippen LogP) is 0.397. The molecular formula is C12H21N3O3. The van der Waals surface area contributed by atoms with Gasteiger partial charge < -0.3 is 15.2 Å². The number of rotatable bonds is 9. The van der Waals surface area contributed by atoms with Crippen LogP contribution in [-0.4, -0.2) is 36.1 Å². The van der Waals surface area contributed by atoms with E-state index < -0.39 is 0 Å². The largest absolute Gasteiger partial charge is 0.492 e. The summed E-state index contributed by atoms with van der Waals surface area (Å²) in [5, 5.41) is 4.05. The van der Waals surface area contributed by atoms with Gasteiger partial charge in [-0.05, 0) is 26.3 Å². The number of nitrogens with zero attached hydrogens (tertiary/aromatic N) is 2. The van der Waals surface area contributed by atoms with Gasteiger partial charge in [-0.1, -0.05) is 0 Å². The quantitative estimate of drug-likeness (QED) is 0.646. The molecule has 2 N–H and O–H groups in total. The lowest BCUT2D eigenvalue weighted by Gasteiger charge is -2.07. The average molecular weight is 255 g/mol. The molecule has 0 saturated carbocycles. The normalized spacial score (nSPS) is 10.6. The summed E-state index contributed by atoms with van der Waals surface area (Å²) in [6.07, 6.45) is 3.09. The second kappa shape index (κ2) is 8.66. The molecule has 0 bridgehead atoms. The Labute approximate surface area is 107 Å². The fourth-order valence-corrected chi connectivity index (χ4v) is 1.40.